The van der Waals surface area contributed by atoms with E-state index in [0.717, 1.165) is 102 Å². The molecular weight excluding hydrogens is 562 g/mol. The van der Waals surface area contributed by atoms with Crippen molar-refractivity contribution in [3.8, 4) is 0 Å². The van der Waals surface area contributed by atoms with Crippen LogP contribution in [0.5, 0.6) is 0 Å². The summed E-state index contributed by atoms with van der Waals surface area (Å²) >= 11 is 0. The zero-order valence-electron chi connectivity index (χ0n) is 27.5. The average molecular weight is 618 g/mol. The molecule has 3 heterocycles. The molecule has 1 atom stereocenters. The van der Waals surface area contributed by atoms with Gasteiger partial charge in [0.25, 0.3) is 0 Å². The van der Waals surface area contributed by atoms with E-state index in [9.17, 15) is 9.59 Å². The molecule has 2 aromatic rings. The highest BCUT2D eigenvalue weighted by Crippen LogP contribution is 2.21. The Bertz CT molecular complexity index is 1250. The quantitative estimate of drug-likeness (QED) is 0.289. The van der Waals surface area contributed by atoms with E-state index in [-0.39, 0.29) is 11.9 Å². The van der Waals surface area contributed by atoms with E-state index < -0.39 is 6.04 Å². The minimum atomic E-state index is -0.572. The first-order valence-electron chi connectivity index (χ1n) is 17.4. The molecule has 3 aliphatic heterocycles. The Morgan fingerprint density at radius 1 is 0.867 bits per heavy atom. The summed E-state index contributed by atoms with van der Waals surface area (Å²) in [6.07, 6.45) is 7.15. The number of amides is 3. The van der Waals surface area contributed by atoms with Crippen LogP contribution in [0.3, 0.4) is 0 Å². The zero-order valence-corrected chi connectivity index (χ0v) is 27.5. The maximum atomic E-state index is 14.0. The highest BCUT2D eigenvalue weighted by molar-refractivity contribution is 5.87. The predicted octanol–water partition coefficient (Wildman–Crippen LogP) is 3.21. The van der Waals surface area contributed by atoms with E-state index in [1.54, 1.807) is 0 Å². The van der Waals surface area contributed by atoms with Crippen LogP contribution in [0.25, 0.3) is 0 Å². The summed E-state index contributed by atoms with van der Waals surface area (Å²) in [5.74, 6) is 0.0523. The predicted molar refractivity (Wildman–Crippen MR) is 182 cm³/mol. The number of anilines is 1. The number of hydrogen-bond donors (Lipinski definition) is 4. The number of rotatable bonds is 11. The number of nitrogens with zero attached hydrogens (tertiary/aromatic N) is 3. The molecule has 3 fully saturated rings. The second kappa shape index (κ2) is 16.4. The number of aryl methyl sites for hydroxylation is 2. The fraction of sp³-hybridized carbons (Fsp3) is 0.611. The molecule has 0 spiro atoms. The third kappa shape index (κ3) is 8.99. The number of nitrogen functional groups attached to an aromatic ring is 1. The number of carbonyl (C=O) groups excluding carboxylic acids is 2. The van der Waals surface area contributed by atoms with E-state index in [1.165, 1.54) is 16.7 Å². The molecule has 3 aliphatic rings. The lowest BCUT2D eigenvalue weighted by Crippen LogP contribution is -2.57. The van der Waals surface area contributed by atoms with Crippen molar-refractivity contribution in [3.05, 3.63) is 64.7 Å². The lowest BCUT2D eigenvalue weighted by molar-refractivity contribution is -0.134. The Morgan fingerprint density at radius 3 is 2.24 bits per heavy atom. The van der Waals surface area contributed by atoms with Gasteiger partial charge in [-0.05, 0) is 79.8 Å². The van der Waals surface area contributed by atoms with Gasteiger partial charge in [-0.2, -0.15) is 0 Å². The number of benzene rings is 2. The normalized spacial score (nSPS) is 19.4. The van der Waals surface area contributed by atoms with Crippen molar-refractivity contribution in [1.29, 1.82) is 0 Å². The summed E-state index contributed by atoms with van der Waals surface area (Å²) in [7, 11) is 0. The molecule has 2 aromatic carbocycles. The third-order valence-electron chi connectivity index (χ3n) is 10.2. The molecule has 3 saturated heterocycles. The number of piperazine rings is 1. The first-order chi connectivity index (χ1) is 21.9. The molecular formula is C36H55N7O2. The molecule has 0 saturated carbocycles. The Kier molecular flexibility index (Phi) is 12.1. The van der Waals surface area contributed by atoms with E-state index in [2.05, 4.69) is 59.0 Å². The van der Waals surface area contributed by atoms with Crippen molar-refractivity contribution < 1.29 is 9.59 Å². The second-order valence-electron chi connectivity index (χ2n) is 13.0. The first kappa shape index (κ1) is 33.2. The number of nitrogens with two attached hydrogens (primary N) is 1. The molecule has 246 valence electrons. The van der Waals surface area contributed by atoms with Gasteiger partial charge in [-0.15, -0.1) is 0 Å². The maximum absolute atomic E-state index is 14.0. The van der Waals surface area contributed by atoms with Gasteiger partial charge >= 0.3 is 6.03 Å². The van der Waals surface area contributed by atoms with Gasteiger partial charge in [0.15, 0.2) is 0 Å². The monoisotopic (exact) mass is 617 g/mol. The largest absolute Gasteiger partial charge is 0.399 e. The van der Waals surface area contributed by atoms with Gasteiger partial charge in [-0.1, -0.05) is 50.2 Å². The van der Waals surface area contributed by atoms with Gasteiger partial charge in [-0.25, -0.2) is 4.79 Å². The van der Waals surface area contributed by atoms with Gasteiger partial charge in [-0.3, -0.25) is 9.69 Å². The molecule has 0 aromatic heterocycles. The molecule has 9 nitrogen and oxygen atoms in total. The average Bonchev–Trinajstić information content (AvgIpc) is 3.09. The molecule has 0 radical (unpaired) electrons. The Balaban J connectivity index is 1.17. The van der Waals surface area contributed by atoms with Crippen LogP contribution in [-0.2, 0) is 30.5 Å². The number of para-hydroxylation sites is 1. The molecule has 0 unspecified atom stereocenters. The van der Waals surface area contributed by atoms with Gasteiger partial charge in [0.1, 0.15) is 6.04 Å². The van der Waals surface area contributed by atoms with Crippen molar-refractivity contribution in [3.63, 3.8) is 0 Å². The van der Waals surface area contributed by atoms with Crippen LogP contribution in [0.2, 0.25) is 0 Å². The number of hydrogen-bond acceptors (Lipinski definition) is 6. The lowest BCUT2D eigenvalue weighted by atomic mass is 9.95. The van der Waals surface area contributed by atoms with Crippen molar-refractivity contribution >= 4 is 17.6 Å². The van der Waals surface area contributed by atoms with Crippen LogP contribution in [-0.4, -0.2) is 104 Å². The molecule has 0 aliphatic carbocycles. The van der Waals surface area contributed by atoms with Crippen molar-refractivity contribution in [1.82, 2.24) is 30.7 Å². The van der Waals surface area contributed by atoms with Crippen molar-refractivity contribution in [2.24, 2.45) is 0 Å². The topological polar surface area (TPSA) is 106 Å². The number of likely N-dealkylation sites (tertiary alicyclic amines) is 2. The Hall–Kier alpha value is -3.14. The lowest BCUT2D eigenvalue weighted by Gasteiger charge is -2.41. The molecule has 5 rings (SSSR count). The number of piperidine rings is 2. The van der Waals surface area contributed by atoms with Crippen LogP contribution < -0.4 is 21.7 Å². The SMILES string of the molecule is CCc1ccc(C[C@@H](NC(=O)N2CCC(NCCc3ccccc3N)CC2)C(=O)N2CCC(N3CCNCC3)CC2)cc1CC. The minimum Gasteiger partial charge on any atom is -0.399 e. The highest BCUT2D eigenvalue weighted by Gasteiger charge is 2.33. The van der Waals surface area contributed by atoms with Crippen LogP contribution in [0.4, 0.5) is 10.5 Å². The molecule has 45 heavy (non-hydrogen) atoms. The summed E-state index contributed by atoms with van der Waals surface area (Å²) in [4.78, 5) is 34.1. The smallest absolute Gasteiger partial charge is 0.318 e. The summed E-state index contributed by atoms with van der Waals surface area (Å²) in [6.45, 7) is 12.3. The van der Waals surface area contributed by atoms with E-state index >= 15 is 0 Å². The van der Waals surface area contributed by atoms with Gasteiger partial charge < -0.3 is 31.5 Å². The summed E-state index contributed by atoms with van der Waals surface area (Å²) in [6, 6.07) is 14.8. The summed E-state index contributed by atoms with van der Waals surface area (Å²) in [5, 5.41) is 10.3. The first-order valence-corrected chi connectivity index (χ1v) is 17.4. The van der Waals surface area contributed by atoms with Crippen LogP contribution >= 0.6 is 0 Å². The van der Waals surface area contributed by atoms with Crippen LogP contribution in [0.1, 0.15) is 61.8 Å². The Labute approximate surface area is 270 Å². The third-order valence-corrected chi connectivity index (χ3v) is 10.2. The molecule has 0 bridgehead atoms. The van der Waals surface area contributed by atoms with Crippen LogP contribution in [0.15, 0.2) is 42.5 Å². The summed E-state index contributed by atoms with van der Waals surface area (Å²) < 4.78 is 0. The molecule has 3 amide bonds. The number of nitrogens with one attached hydrogen (secondary N) is 3. The van der Waals surface area contributed by atoms with Crippen molar-refractivity contribution in [2.75, 3.05) is 64.6 Å². The standard InChI is InChI=1S/C36H55N7O2/c1-3-28-10-9-27(25-29(28)4-2)26-34(35(44)42-21-14-32(15-22-42)41-23-17-38-18-24-41)40-36(45)43-19-12-31(13-20-43)39-16-11-30-7-5-6-8-33(30)37/h5-10,25,31-32,34,38-39H,3-4,11-24,26,37H2,1-2H3,(H,40,45)/t34-/m1/s1. The number of carbonyl (C=O) groups is 2. The highest BCUT2D eigenvalue weighted by atomic mass is 16.2. The maximum Gasteiger partial charge on any atom is 0.318 e. The van der Waals surface area contributed by atoms with Gasteiger partial charge in [0, 0.05) is 76.5 Å². The van der Waals surface area contributed by atoms with E-state index in [4.69, 9.17) is 5.73 Å². The fourth-order valence-electron chi connectivity index (χ4n) is 7.33. The number of urea groups is 1. The summed E-state index contributed by atoms with van der Waals surface area (Å²) in [5.41, 5.74) is 11.9. The van der Waals surface area contributed by atoms with Gasteiger partial charge in [0.05, 0.1) is 0 Å². The van der Waals surface area contributed by atoms with Crippen LogP contribution in [0, 0.1) is 0 Å². The fourth-order valence-corrected chi connectivity index (χ4v) is 7.33. The molecule has 5 N–H and O–H groups in total. The van der Waals surface area contributed by atoms with Gasteiger partial charge in [0.2, 0.25) is 5.91 Å². The van der Waals surface area contributed by atoms with Crippen molar-refractivity contribution in [2.45, 2.75) is 83.3 Å². The van der Waals surface area contributed by atoms with E-state index in [0.29, 0.717) is 31.6 Å². The zero-order chi connectivity index (χ0) is 31.6. The second-order valence-corrected chi connectivity index (χ2v) is 13.0. The van der Waals surface area contributed by atoms with E-state index in [1.807, 2.05) is 28.0 Å². The minimum absolute atomic E-state index is 0.0523. The molecule has 9 heteroatoms. The Morgan fingerprint density at radius 2 is 1.56 bits per heavy atom.